The van der Waals surface area contributed by atoms with Gasteiger partial charge in [-0.3, -0.25) is 24.8 Å². The van der Waals surface area contributed by atoms with Gasteiger partial charge in [0.15, 0.2) is 11.6 Å². The van der Waals surface area contributed by atoms with E-state index in [1.807, 2.05) is 37.5 Å². The van der Waals surface area contributed by atoms with Crippen LogP contribution in [-0.2, 0) is 11.3 Å². The van der Waals surface area contributed by atoms with Crippen molar-refractivity contribution in [3.63, 3.8) is 0 Å². The number of anilines is 4. The van der Waals surface area contributed by atoms with E-state index >= 15 is 8.78 Å². The van der Waals surface area contributed by atoms with E-state index in [1.54, 1.807) is 18.3 Å². The van der Waals surface area contributed by atoms with Crippen molar-refractivity contribution in [2.45, 2.75) is 58.7 Å². The molecule has 56 heavy (non-hydrogen) atoms. The number of aryl methyl sites for hydroxylation is 1. The highest BCUT2D eigenvalue weighted by molar-refractivity contribution is 6.05. The number of carbonyl (C=O) groups excluding carboxylic acids is 2. The van der Waals surface area contributed by atoms with Crippen LogP contribution in [0.15, 0.2) is 48.9 Å². The summed E-state index contributed by atoms with van der Waals surface area (Å²) in [5, 5.41) is 5.34. The molecule has 0 aliphatic carbocycles. The fourth-order valence-corrected chi connectivity index (χ4v) is 7.98. The first-order valence-electron chi connectivity index (χ1n) is 18.9. The van der Waals surface area contributed by atoms with E-state index in [-0.39, 0.29) is 47.6 Å². The van der Waals surface area contributed by atoms with Crippen LogP contribution in [-0.4, -0.2) is 103 Å². The number of carbonyl (C=O) groups is 2. The Morgan fingerprint density at radius 2 is 1.62 bits per heavy atom. The molecule has 0 atom stereocenters. The van der Waals surface area contributed by atoms with Crippen LogP contribution >= 0.6 is 0 Å². The number of nitrogens with one attached hydrogen (secondary N) is 2. The number of nitrogens with zero attached hydrogens (tertiary/aromatic N) is 10. The quantitative estimate of drug-likeness (QED) is 0.195. The Bertz CT molecular complexity index is 2270. The molecule has 1 aromatic carbocycles. The number of amides is 3. The summed E-state index contributed by atoms with van der Waals surface area (Å²) in [5.74, 6) is -0.324. The third kappa shape index (κ3) is 7.60. The van der Waals surface area contributed by atoms with Gasteiger partial charge < -0.3 is 14.8 Å². The first-order valence-corrected chi connectivity index (χ1v) is 18.9. The maximum atomic E-state index is 15.1. The van der Waals surface area contributed by atoms with E-state index in [2.05, 4.69) is 50.3 Å². The highest BCUT2D eigenvalue weighted by atomic mass is 19.1. The maximum Gasteiger partial charge on any atom is 0.329 e. The lowest BCUT2D eigenvalue weighted by atomic mass is 10.0. The molecular weight excluding hydrogens is 726 g/mol. The lowest BCUT2D eigenvalue weighted by molar-refractivity contribution is -0.120. The number of piperidine rings is 1. The third-order valence-electron chi connectivity index (χ3n) is 10.8. The van der Waals surface area contributed by atoms with E-state index in [4.69, 9.17) is 0 Å². The molecule has 7 heterocycles. The molecule has 3 fully saturated rings. The standard InChI is InChI=1S/C39H43F3N12O2/c1-23(2)54-24(3)46-37-29(40)16-25(17-32(37)54)36-31(42)21-45-38(49-36)47-33-5-4-28(19-43-33)51-9-6-27(7-10-51)52-14-12-50(13-15-52)22-26-18-34(44-20-30(26)41)53-11-8-35(55)48-39(53)56/h4-5,16-21,23,27H,6-15,22H2,1-3H3,(H,48,55,56)(H,43,45,47,49). The summed E-state index contributed by atoms with van der Waals surface area (Å²) < 4.78 is 46.8. The predicted molar refractivity (Wildman–Crippen MR) is 205 cm³/mol. The topological polar surface area (TPSA) is 141 Å². The summed E-state index contributed by atoms with van der Waals surface area (Å²) >= 11 is 0. The number of hydrogen-bond donors (Lipinski definition) is 2. The van der Waals surface area contributed by atoms with Crippen molar-refractivity contribution >= 4 is 46.2 Å². The van der Waals surface area contributed by atoms with Gasteiger partial charge in [-0.15, -0.1) is 0 Å². The molecule has 17 heteroatoms. The molecule has 3 amide bonds. The summed E-state index contributed by atoms with van der Waals surface area (Å²) in [6.07, 6.45) is 6.18. The van der Waals surface area contributed by atoms with E-state index in [0.29, 0.717) is 41.1 Å². The molecular formula is C39H43F3N12O2. The molecule has 4 aromatic heterocycles. The van der Waals surface area contributed by atoms with Gasteiger partial charge in [0.1, 0.15) is 34.5 Å². The highest BCUT2D eigenvalue weighted by Crippen LogP contribution is 2.31. The smallest absolute Gasteiger partial charge is 0.329 e. The summed E-state index contributed by atoms with van der Waals surface area (Å²) in [6.45, 7) is 11.5. The summed E-state index contributed by atoms with van der Waals surface area (Å²) in [5.41, 5.74) is 2.53. The Morgan fingerprint density at radius 1 is 0.857 bits per heavy atom. The molecule has 5 aromatic rings. The summed E-state index contributed by atoms with van der Waals surface area (Å²) in [4.78, 5) is 53.8. The number of imide groups is 1. The number of imidazole rings is 1. The number of urea groups is 1. The average molecular weight is 769 g/mol. The Kier molecular flexibility index (Phi) is 10.3. The second kappa shape index (κ2) is 15.5. The van der Waals surface area contributed by atoms with E-state index in [9.17, 15) is 14.0 Å². The molecule has 8 rings (SSSR count). The van der Waals surface area contributed by atoms with Gasteiger partial charge in [-0.25, -0.2) is 42.9 Å². The van der Waals surface area contributed by atoms with Gasteiger partial charge in [0, 0.05) is 82.0 Å². The number of halogens is 3. The van der Waals surface area contributed by atoms with E-state index < -0.39 is 23.5 Å². The van der Waals surface area contributed by atoms with Crippen LogP contribution < -0.4 is 20.4 Å². The number of rotatable bonds is 9. The third-order valence-corrected chi connectivity index (χ3v) is 10.8. The average Bonchev–Trinajstić information content (AvgIpc) is 3.54. The van der Waals surface area contributed by atoms with Gasteiger partial charge in [0.25, 0.3) is 0 Å². The van der Waals surface area contributed by atoms with E-state index in [1.165, 1.54) is 11.0 Å². The van der Waals surface area contributed by atoms with Gasteiger partial charge in [-0.2, -0.15) is 0 Å². The SMILES string of the molecule is Cc1nc2c(F)cc(-c3nc(Nc4ccc(N5CCC(N6CCN(Cc7cc(N8CCC(=O)NC8=O)ncc7F)CC6)CC5)cn4)ncc3F)cc2n1C(C)C. The van der Waals surface area contributed by atoms with E-state index in [0.717, 1.165) is 70.2 Å². The Hall–Kier alpha value is -5.68. The highest BCUT2D eigenvalue weighted by Gasteiger charge is 2.29. The van der Waals surface area contributed by atoms with Crippen LogP contribution in [0.4, 0.5) is 41.2 Å². The van der Waals surface area contributed by atoms with Crippen LogP contribution in [0.3, 0.4) is 0 Å². The number of benzene rings is 1. The fourth-order valence-electron chi connectivity index (χ4n) is 7.98. The molecule has 3 aliphatic rings. The van der Waals surface area contributed by atoms with Gasteiger partial charge in [0.2, 0.25) is 11.9 Å². The van der Waals surface area contributed by atoms with Gasteiger partial charge in [0.05, 0.1) is 29.8 Å². The van der Waals surface area contributed by atoms with Crippen LogP contribution in [0.5, 0.6) is 0 Å². The minimum Gasteiger partial charge on any atom is -0.370 e. The lowest BCUT2D eigenvalue weighted by Crippen LogP contribution is -2.53. The summed E-state index contributed by atoms with van der Waals surface area (Å²) in [7, 11) is 0. The number of piperazine rings is 1. The Morgan fingerprint density at radius 3 is 2.34 bits per heavy atom. The first kappa shape index (κ1) is 37.3. The van der Waals surface area contributed by atoms with Crippen molar-refractivity contribution in [1.82, 2.24) is 44.6 Å². The minimum absolute atomic E-state index is 0.0278. The number of fused-ring (bicyclic) bond motifs is 1. The molecule has 3 aliphatic heterocycles. The zero-order chi connectivity index (χ0) is 39.1. The molecule has 3 saturated heterocycles. The molecule has 0 saturated carbocycles. The second-order valence-electron chi connectivity index (χ2n) is 14.8. The van der Waals surface area contributed by atoms with Gasteiger partial charge in [-0.1, -0.05) is 0 Å². The molecule has 0 radical (unpaired) electrons. The lowest BCUT2D eigenvalue weighted by Gasteiger charge is -2.43. The van der Waals surface area contributed by atoms with Crippen molar-refractivity contribution in [2.75, 3.05) is 60.9 Å². The monoisotopic (exact) mass is 768 g/mol. The largest absolute Gasteiger partial charge is 0.370 e. The number of pyridine rings is 2. The molecule has 0 spiro atoms. The molecule has 14 nitrogen and oxygen atoms in total. The van der Waals surface area contributed by atoms with Crippen molar-refractivity contribution in [3.05, 3.63) is 77.8 Å². The zero-order valence-electron chi connectivity index (χ0n) is 31.5. The zero-order valence-corrected chi connectivity index (χ0v) is 31.5. The molecule has 0 bridgehead atoms. The summed E-state index contributed by atoms with van der Waals surface area (Å²) in [6, 6.07) is 8.32. The molecule has 2 N–H and O–H groups in total. The van der Waals surface area contributed by atoms with Crippen molar-refractivity contribution in [3.8, 4) is 11.3 Å². The van der Waals surface area contributed by atoms with Crippen LogP contribution in [0, 0.1) is 24.4 Å². The normalized spacial score (nSPS) is 17.6. The van der Waals surface area contributed by atoms with Crippen molar-refractivity contribution in [1.29, 1.82) is 0 Å². The number of hydrogen-bond acceptors (Lipinski definition) is 11. The first-order chi connectivity index (χ1) is 27.0. The van der Waals surface area contributed by atoms with Crippen LogP contribution in [0.2, 0.25) is 0 Å². The maximum absolute atomic E-state index is 15.1. The fraction of sp³-hybridized carbons (Fsp3) is 0.410. The molecule has 292 valence electrons. The van der Waals surface area contributed by atoms with Gasteiger partial charge >= 0.3 is 6.03 Å². The van der Waals surface area contributed by atoms with Crippen LogP contribution in [0.25, 0.3) is 22.3 Å². The van der Waals surface area contributed by atoms with Gasteiger partial charge in [-0.05, 0) is 63.9 Å². The predicted octanol–water partition coefficient (Wildman–Crippen LogP) is 5.57. The van der Waals surface area contributed by atoms with Crippen molar-refractivity contribution < 1.29 is 22.8 Å². The van der Waals surface area contributed by atoms with Crippen LogP contribution in [0.1, 0.15) is 50.5 Å². The molecule has 0 unspecified atom stereocenters. The Labute approximate surface area is 321 Å². The number of aromatic nitrogens is 6. The second-order valence-corrected chi connectivity index (χ2v) is 14.8. The Balaban J connectivity index is 0.841. The van der Waals surface area contributed by atoms with Crippen molar-refractivity contribution in [2.24, 2.45) is 0 Å². The minimum atomic E-state index is -0.670.